The molecule has 0 saturated heterocycles. The van der Waals surface area contributed by atoms with Gasteiger partial charge in [-0.25, -0.2) is 0 Å². The number of fused-ring (bicyclic) bond motifs is 10. The van der Waals surface area contributed by atoms with Crippen molar-refractivity contribution in [1.82, 2.24) is 9.13 Å². The maximum absolute atomic E-state index is 2.58. The van der Waals surface area contributed by atoms with Gasteiger partial charge >= 0.3 is 0 Å². The average Bonchev–Trinajstić information content (AvgIpc) is 3.57. The normalized spacial score (nSPS) is 18.3. The number of rotatable bonds is 2. The summed E-state index contributed by atoms with van der Waals surface area (Å²) in [6.45, 7) is 9.81. The standard InChI is InChI=1S/C42H36N2/c1-41(2)31-23-25-36-38(30-20-12-14-22-34(30)44(36)28-17-9-6-10-18-28)40(31)42(3,4)32-24-26-35-37(39(32)41)29-19-11-13-21-33(29)43(35)27-15-7-5-8-16-27/h5-17,19-26,28H,18H2,1-4H3. The number of hydrogen-bond donors (Lipinski definition) is 0. The summed E-state index contributed by atoms with van der Waals surface area (Å²) >= 11 is 0. The van der Waals surface area contributed by atoms with Crippen LogP contribution in [0.4, 0.5) is 0 Å². The number of benzene rings is 5. The minimum absolute atomic E-state index is 0.193. The van der Waals surface area contributed by atoms with Crippen LogP contribution in [0.3, 0.4) is 0 Å². The third kappa shape index (κ3) is 3.21. The van der Waals surface area contributed by atoms with Gasteiger partial charge in [0, 0.05) is 49.1 Å². The van der Waals surface area contributed by atoms with E-state index >= 15 is 0 Å². The summed E-state index contributed by atoms with van der Waals surface area (Å²) < 4.78 is 5.03. The van der Waals surface area contributed by atoms with Gasteiger partial charge in [0.15, 0.2) is 0 Å². The minimum Gasteiger partial charge on any atom is -0.333 e. The van der Waals surface area contributed by atoms with E-state index in [4.69, 9.17) is 0 Å². The number of nitrogens with zero attached hydrogens (tertiary/aromatic N) is 2. The van der Waals surface area contributed by atoms with Crippen LogP contribution in [0.15, 0.2) is 127 Å². The van der Waals surface area contributed by atoms with Gasteiger partial charge in [0.2, 0.25) is 0 Å². The monoisotopic (exact) mass is 568 g/mol. The van der Waals surface area contributed by atoms with Gasteiger partial charge in [-0.2, -0.15) is 0 Å². The molecule has 0 bridgehead atoms. The Balaban J connectivity index is 1.40. The van der Waals surface area contributed by atoms with Crippen LogP contribution in [-0.4, -0.2) is 9.13 Å². The molecule has 44 heavy (non-hydrogen) atoms. The zero-order chi connectivity index (χ0) is 29.8. The van der Waals surface area contributed by atoms with Crippen molar-refractivity contribution in [3.05, 3.63) is 150 Å². The molecule has 0 radical (unpaired) electrons. The van der Waals surface area contributed by atoms with Crippen LogP contribution in [0.2, 0.25) is 0 Å². The average molecular weight is 569 g/mol. The zero-order valence-corrected chi connectivity index (χ0v) is 25.8. The molecule has 0 N–H and O–H groups in total. The van der Waals surface area contributed by atoms with E-state index in [0.717, 1.165) is 6.42 Å². The molecule has 5 aromatic carbocycles. The van der Waals surface area contributed by atoms with E-state index in [1.807, 2.05) is 0 Å². The highest BCUT2D eigenvalue weighted by Crippen LogP contribution is 2.56. The summed E-state index contributed by atoms with van der Waals surface area (Å²) in [5.74, 6) is 0. The van der Waals surface area contributed by atoms with Crippen molar-refractivity contribution in [2.24, 2.45) is 0 Å². The Labute approximate surface area is 258 Å². The lowest BCUT2D eigenvalue weighted by molar-refractivity contribution is 0.529. The van der Waals surface area contributed by atoms with Crippen LogP contribution in [0.25, 0.3) is 49.3 Å². The fourth-order valence-corrected chi connectivity index (χ4v) is 8.73. The van der Waals surface area contributed by atoms with Crippen molar-refractivity contribution in [2.45, 2.75) is 51.0 Å². The lowest BCUT2D eigenvalue weighted by Crippen LogP contribution is -2.37. The van der Waals surface area contributed by atoms with Crippen molar-refractivity contribution >= 4 is 43.6 Å². The fourth-order valence-electron chi connectivity index (χ4n) is 8.73. The smallest absolute Gasteiger partial charge is 0.0560 e. The van der Waals surface area contributed by atoms with E-state index < -0.39 is 0 Å². The Hall–Kier alpha value is -4.82. The molecule has 2 aromatic heterocycles. The molecule has 214 valence electrons. The summed E-state index contributed by atoms with van der Waals surface area (Å²) in [4.78, 5) is 0. The second-order valence-corrected chi connectivity index (χ2v) is 13.7. The molecule has 2 nitrogen and oxygen atoms in total. The van der Waals surface area contributed by atoms with Crippen LogP contribution in [-0.2, 0) is 10.8 Å². The van der Waals surface area contributed by atoms with Gasteiger partial charge in [0.25, 0.3) is 0 Å². The van der Waals surface area contributed by atoms with Crippen LogP contribution < -0.4 is 0 Å². The van der Waals surface area contributed by atoms with Gasteiger partial charge in [0.05, 0.1) is 17.1 Å². The highest BCUT2D eigenvalue weighted by atomic mass is 15.0. The van der Waals surface area contributed by atoms with Gasteiger partial charge in [0.1, 0.15) is 0 Å². The molecule has 2 heteroatoms. The minimum atomic E-state index is -0.198. The third-order valence-corrected chi connectivity index (χ3v) is 10.6. The van der Waals surface area contributed by atoms with E-state index in [1.165, 1.54) is 71.6 Å². The van der Waals surface area contributed by atoms with Crippen molar-refractivity contribution in [3.8, 4) is 5.69 Å². The van der Waals surface area contributed by atoms with E-state index in [1.54, 1.807) is 0 Å². The summed E-state index contributed by atoms with van der Waals surface area (Å²) in [7, 11) is 0. The number of allylic oxidation sites excluding steroid dienone is 4. The fraction of sp³-hybridized carbons (Fsp3) is 0.190. The molecule has 0 spiro atoms. The molecule has 9 rings (SSSR count). The molecule has 2 heterocycles. The van der Waals surface area contributed by atoms with Crippen molar-refractivity contribution in [3.63, 3.8) is 0 Å². The maximum Gasteiger partial charge on any atom is 0.0560 e. The first-order chi connectivity index (χ1) is 21.4. The molecule has 1 unspecified atom stereocenters. The van der Waals surface area contributed by atoms with Crippen LogP contribution in [0.5, 0.6) is 0 Å². The lowest BCUT2D eigenvalue weighted by atomic mass is 9.58. The molecule has 0 fully saturated rings. The molecule has 2 aliphatic rings. The van der Waals surface area contributed by atoms with Gasteiger partial charge in [-0.1, -0.05) is 119 Å². The van der Waals surface area contributed by atoms with Gasteiger partial charge in [-0.3, -0.25) is 0 Å². The Morgan fingerprint density at radius 3 is 1.77 bits per heavy atom. The Morgan fingerprint density at radius 2 is 1.11 bits per heavy atom. The molecular formula is C42H36N2. The number of aromatic nitrogens is 2. The van der Waals surface area contributed by atoms with E-state index in [2.05, 4.69) is 164 Å². The first-order valence-electron chi connectivity index (χ1n) is 15.9. The van der Waals surface area contributed by atoms with Gasteiger partial charge < -0.3 is 9.13 Å². The summed E-state index contributed by atoms with van der Waals surface area (Å²) in [5.41, 5.74) is 11.8. The quantitative estimate of drug-likeness (QED) is 0.196. The maximum atomic E-state index is 2.58. The topological polar surface area (TPSA) is 9.86 Å². The van der Waals surface area contributed by atoms with Crippen LogP contribution in [0, 0.1) is 0 Å². The number of para-hydroxylation sites is 3. The Bertz CT molecular complexity index is 2350. The van der Waals surface area contributed by atoms with Crippen LogP contribution in [0.1, 0.15) is 62.4 Å². The van der Waals surface area contributed by atoms with E-state index in [-0.39, 0.29) is 10.8 Å². The van der Waals surface area contributed by atoms with Gasteiger partial charge in [-0.15, -0.1) is 0 Å². The van der Waals surface area contributed by atoms with E-state index in [0.29, 0.717) is 6.04 Å². The van der Waals surface area contributed by atoms with E-state index in [9.17, 15) is 0 Å². The third-order valence-electron chi connectivity index (χ3n) is 10.6. The Kier molecular flexibility index (Phi) is 5.17. The second kappa shape index (κ2) is 8.86. The Morgan fingerprint density at radius 1 is 0.545 bits per heavy atom. The number of hydrogen-bond acceptors (Lipinski definition) is 0. The predicted octanol–water partition coefficient (Wildman–Crippen LogP) is 10.9. The highest BCUT2D eigenvalue weighted by molar-refractivity contribution is 6.14. The van der Waals surface area contributed by atoms with Crippen molar-refractivity contribution < 1.29 is 0 Å². The van der Waals surface area contributed by atoms with Crippen molar-refractivity contribution in [2.75, 3.05) is 0 Å². The first kappa shape index (κ1) is 25.7. The highest BCUT2D eigenvalue weighted by Gasteiger charge is 2.45. The van der Waals surface area contributed by atoms with Gasteiger partial charge in [-0.05, 0) is 65.1 Å². The summed E-state index contributed by atoms with van der Waals surface area (Å²) in [6, 6.07) is 38.8. The lowest BCUT2D eigenvalue weighted by Gasteiger charge is -2.45. The summed E-state index contributed by atoms with van der Waals surface area (Å²) in [6.07, 6.45) is 10.0. The molecule has 7 aromatic rings. The largest absolute Gasteiger partial charge is 0.333 e. The first-order valence-corrected chi connectivity index (χ1v) is 15.9. The molecule has 1 atom stereocenters. The molecule has 2 aliphatic carbocycles. The predicted molar refractivity (Wildman–Crippen MR) is 186 cm³/mol. The zero-order valence-electron chi connectivity index (χ0n) is 25.8. The SMILES string of the molecule is CC1(C)c2ccc3c(c2C(C)(C)c2ccc4c(c21)c1ccccc1n4-c1ccccc1)c1ccccc1n3C1C=CC=CC1. The molecule has 0 saturated carbocycles. The molecule has 0 aliphatic heterocycles. The summed E-state index contributed by atoms with van der Waals surface area (Å²) in [5, 5.41) is 5.48. The van der Waals surface area contributed by atoms with Crippen molar-refractivity contribution in [1.29, 1.82) is 0 Å². The molecule has 0 amide bonds. The second-order valence-electron chi connectivity index (χ2n) is 13.7. The molecular weight excluding hydrogens is 532 g/mol. The van der Waals surface area contributed by atoms with Crippen LogP contribution >= 0.6 is 0 Å².